The van der Waals surface area contributed by atoms with Crippen LogP contribution in [0.25, 0.3) is 84.7 Å². The van der Waals surface area contributed by atoms with Gasteiger partial charge in [-0.1, -0.05) is 200 Å². The SMILES string of the molecule is C.C.CC1CN(C(=O)OC(C)(C)C)CCN1C(=O)C1=Cc2ccccc2-c2c(C3CCCCC3)c3ccc(C(=O)NS(=O)(=O)N(C)C)cc3n2C1.CN(C)S(=O)(=O)NC(=O)c1ccc2c(C3CCCCC3)c3n(c2c1)CC(C(=O)N1CCN(c2ccccc2)CC1)=Cc1ccccc1-3.Cc1ccc(S(=O)(=O)N2CCN(C(=O)C3=Cc4ccccc4-c4c(C5CCCCC5)c5ccc(C(=O)NS(=O)(=O)N(C)C)cc5n4C3)CC2)cc1. The van der Waals surface area contributed by atoms with Gasteiger partial charge in [0, 0.05) is 209 Å². The van der Waals surface area contributed by atoms with Gasteiger partial charge in [0.05, 0.1) is 41.6 Å². The molecular weight excluding hydrogens is 1960 g/mol. The molecule has 3 saturated heterocycles. The molecule has 3 aromatic heterocycles. The third kappa shape index (κ3) is 22.8. The Morgan fingerprint density at radius 2 is 0.705 bits per heavy atom. The number of amides is 7. The molecule has 1 atom stereocenters. The van der Waals surface area contributed by atoms with Crippen molar-refractivity contribution in [3.8, 4) is 33.8 Å². The Bertz CT molecular complexity index is 7570. The molecule has 1 unspecified atom stereocenters. The van der Waals surface area contributed by atoms with Crippen molar-refractivity contribution in [3.63, 3.8) is 0 Å². The molecule has 0 radical (unpaired) electrons. The number of sulfonamides is 1. The Kier molecular flexibility index (Phi) is 32.7. The van der Waals surface area contributed by atoms with Crippen LogP contribution < -0.4 is 19.1 Å². The summed E-state index contributed by atoms with van der Waals surface area (Å²) >= 11 is 0. The molecule has 20 rings (SSSR count). The first-order valence-corrected chi connectivity index (χ1v) is 56.8. The molecule has 3 N–H and O–H groups in total. The van der Waals surface area contributed by atoms with E-state index in [-0.39, 0.29) is 106 Å². The van der Waals surface area contributed by atoms with E-state index in [0.29, 0.717) is 73.7 Å². The molecule has 11 aromatic rings. The van der Waals surface area contributed by atoms with Crippen LogP contribution in [0, 0.1) is 6.92 Å². The number of aryl methyl sites for hydroxylation is 1. The highest BCUT2D eigenvalue weighted by Crippen LogP contribution is 2.52. The number of carbonyl (C=O) groups excluding carboxylic acids is 7. The predicted octanol–water partition coefficient (Wildman–Crippen LogP) is 17.8. The predicted molar refractivity (Wildman–Crippen MR) is 588 cm³/mol. The number of piperazine rings is 3. The summed E-state index contributed by atoms with van der Waals surface area (Å²) in [7, 11) is -7.47. The van der Waals surface area contributed by atoms with Crippen LogP contribution in [0.2, 0.25) is 0 Å². The van der Waals surface area contributed by atoms with Crippen LogP contribution in [0.4, 0.5) is 10.5 Å². The molecule has 6 fully saturated rings. The summed E-state index contributed by atoms with van der Waals surface area (Å²) in [4.78, 5) is 106. The highest BCUT2D eigenvalue weighted by molar-refractivity contribution is 7.89. The molecule has 31 nitrogen and oxygen atoms in total. The van der Waals surface area contributed by atoms with Gasteiger partial charge in [-0.15, -0.1) is 0 Å². The van der Waals surface area contributed by atoms with Crippen molar-refractivity contribution in [2.75, 3.05) is 119 Å². The zero-order valence-corrected chi connectivity index (χ0v) is 88.7. The maximum absolute atomic E-state index is 14.5. The molecular formula is C114H139N15O16S4. The van der Waals surface area contributed by atoms with Gasteiger partial charge in [0.1, 0.15) is 5.60 Å². The van der Waals surface area contributed by atoms with Crippen LogP contribution in [-0.2, 0) is 79.4 Å². The van der Waals surface area contributed by atoms with E-state index in [1.807, 2.05) is 148 Å². The number of anilines is 1. The second-order valence-corrected chi connectivity index (χ2v) is 49.2. The van der Waals surface area contributed by atoms with E-state index in [2.05, 4.69) is 69.2 Å². The summed E-state index contributed by atoms with van der Waals surface area (Å²) in [6, 6.07) is 57.5. The number of fused-ring (bicyclic) bond motifs is 15. The summed E-state index contributed by atoms with van der Waals surface area (Å²) in [5, 5.41) is 3.05. The van der Waals surface area contributed by atoms with Gasteiger partial charge in [0.2, 0.25) is 10.0 Å². The van der Waals surface area contributed by atoms with Gasteiger partial charge >= 0.3 is 36.7 Å². The summed E-state index contributed by atoms with van der Waals surface area (Å²) < 4.78 is 125. The molecule has 149 heavy (non-hydrogen) atoms. The summed E-state index contributed by atoms with van der Waals surface area (Å²) in [6.45, 7) is 15.0. The molecule has 6 aliphatic heterocycles. The highest BCUT2D eigenvalue weighted by Gasteiger charge is 2.41. The topological polar surface area (TPSA) is 345 Å². The Labute approximate surface area is 876 Å². The first-order chi connectivity index (χ1) is 70.2. The second kappa shape index (κ2) is 44.7. The lowest BCUT2D eigenvalue weighted by atomic mass is 9.81. The van der Waals surface area contributed by atoms with Crippen molar-refractivity contribution in [3.05, 3.63) is 254 Å². The lowest BCUT2D eigenvalue weighted by molar-refractivity contribution is -0.131. The quantitative estimate of drug-likeness (QED) is 0.0718. The number of ether oxygens (including phenoxy) is 1. The molecule has 3 saturated carbocycles. The normalized spacial score (nSPS) is 17.6. The number of aromatic nitrogens is 3. The first kappa shape index (κ1) is 109. The average Bonchev–Trinajstić information content (AvgIpc) is 1.58. The third-order valence-corrected chi connectivity index (χ3v) is 36.2. The summed E-state index contributed by atoms with van der Waals surface area (Å²) in [5.74, 6) is -1.44. The highest BCUT2D eigenvalue weighted by atomic mass is 32.2. The van der Waals surface area contributed by atoms with E-state index in [4.69, 9.17) is 4.74 Å². The number of nitrogens with zero attached hydrogens (tertiary/aromatic N) is 12. The van der Waals surface area contributed by atoms with Crippen molar-refractivity contribution < 1.29 is 72.0 Å². The number of para-hydroxylation sites is 1. The number of rotatable bonds is 18. The third-order valence-electron chi connectivity index (χ3n) is 30.1. The minimum Gasteiger partial charge on any atom is -0.444 e. The van der Waals surface area contributed by atoms with Gasteiger partial charge in [0.25, 0.3) is 35.4 Å². The van der Waals surface area contributed by atoms with E-state index in [9.17, 15) is 67.2 Å². The number of benzene rings is 8. The van der Waals surface area contributed by atoms with Crippen LogP contribution in [-0.4, -0.2) is 252 Å². The molecule has 7 amide bonds. The molecule has 0 spiro atoms. The standard InChI is InChI=1S/C38H43N5O6S2.C37H47N5O6S.C37H41N5O4S.2CH4/c1-26-13-16-31(17-14-26)50(46,47)42-21-19-41(20-22-42)38(45)30-23-28-11-7-8-12-32(28)36-35(27-9-5-4-6-10-27)33-18-15-29(24-34(33)43(36)25-30)37(44)39-51(48,49)40(2)3;1-24-22-40(36(45)48-37(2,3)4)18-19-41(24)35(44)28-20-26-14-10-11-15-29(26)33-32(25-12-8-7-9-13-25)30-17-16-27(21-31(30)42(33)23-28)34(43)38-49(46,47)39(5)6;1-39(2)47(45,46)38-36(43)28-17-18-32-33(24-28)42-25-29(37(44)41-21-19-40(20-22-41)30-14-7-4-8-15-30)23-27-13-9-10-16-31(27)35(42)34(32)26-11-5-3-6-12-26;;/h7-8,11-18,23-24,27H,4-6,9-10,19-22,25H2,1-3H3,(H,39,44);10-11,14-17,20-21,24-25H,7-9,12-13,18-19,22-23H2,1-6H3,(H,38,43);4,7-10,13-18,23-24,26H,3,5-6,11-12,19-22,25H2,1-2H3,(H,38,43);2*1H4. The number of hydrogen-bond acceptors (Lipinski definition) is 17. The van der Waals surface area contributed by atoms with E-state index in [1.165, 1.54) is 88.2 Å². The number of hydrogen-bond donors (Lipinski definition) is 3. The fraction of sp³-hybridized carbons (Fsp3) is 0.412. The van der Waals surface area contributed by atoms with Crippen LogP contribution >= 0.6 is 0 Å². The molecule has 9 heterocycles. The zero-order valence-electron chi connectivity index (χ0n) is 85.4. The molecule has 9 aliphatic rings. The van der Waals surface area contributed by atoms with Gasteiger partial charge < -0.3 is 42.9 Å². The van der Waals surface area contributed by atoms with Crippen molar-refractivity contribution in [1.29, 1.82) is 0 Å². The minimum atomic E-state index is -4.01. The van der Waals surface area contributed by atoms with E-state index < -0.39 is 64.0 Å². The van der Waals surface area contributed by atoms with Crippen molar-refractivity contribution in [2.24, 2.45) is 0 Å². The maximum atomic E-state index is 14.5. The molecule has 35 heteroatoms. The van der Waals surface area contributed by atoms with E-state index in [0.717, 1.165) is 192 Å². The molecule has 790 valence electrons. The van der Waals surface area contributed by atoms with Crippen molar-refractivity contribution in [1.82, 2.24) is 64.7 Å². The molecule has 0 bridgehead atoms. The lowest BCUT2D eigenvalue weighted by Gasteiger charge is -2.40. The summed E-state index contributed by atoms with van der Waals surface area (Å²) in [6.07, 6.45) is 22.4. The van der Waals surface area contributed by atoms with Gasteiger partial charge in [-0.3, -0.25) is 28.8 Å². The summed E-state index contributed by atoms with van der Waals surface area (Å²) in [5.41, 5.74) is 19.2. The molecule has 8 aromatic carbocycles. The largest absolute Gasteiger partial charge is 0.444 e. The average molecular weight is 2100 g/mol. The first-order valence-electron chi connectivity index (χ1n) is 51.1. The number of carbonyl (C=O) groups is 7. The van der Waals surface area contributed by atoms with Crippen molar-refractivity contribution in [2.45, 2.75) is 200 Å². The van der Waals surface area contributed by atoms with Gasteiger partial charge in [-0.2, -0.15) is 42.5 Å². The van der Waals surface area contributed by atoms with E-state index >= 15 is 0 Å². The second-order valence-electron chi connectivity index (χ2n) is 41.6. The Hall–Kier alpha value is -12.9. The monoisotopic (exact) mass is 2100 g/mol. The van der Waals surface area contributed by atoms with Gasteiger partial charge in [-0.05, 0) is 203 Å². The maximum Gasteiger partial charge on any atom is 0.410 e. The zero-order chi connectivity index (χ0) is 104. The van der Waals surface area contributed by atoms with E-state index in [1.54, 1.807) is 70.5 Å². The fourth-order valence-electron chi connectivity index (χ4n) is 22.4. The number of nitrogens with one attached hydrogen (secondary N) is 3. The Balaban J connectivity index is 0.000000158. The van der Waals surface area contributed by atoms with Gasteiger partial charge in [0.15, 0.2) is 0 Å². The van der Waals surface area contributed by atoms with Crippen LogP contribution in [0.3, 0.4) is 0 Å². The smallest absolute Gasteiger partial charge is 0.410 e. The molecule has 3 aliphatic carbocycles. The Morgan fingerprint density at radius 3 is 1.05 bits per heavy atom. The van der Waals surface area contributed by atoms with Crippen molar-refractivity contribution >= 4 is 139 Å². The van der Waals surface area contributed by atoms with Crippen LogP contribution in [0.5, 0.6) is 0 Å². The fourth-order valence-corrected chi connectivity index (χ4v) is 25.4. The van der Waals surface area contributed by atoms with Crippen LogP contribution in [0.1, 0.15) is 227 Å². The van der Waals surface area contributed by atoms with Crippen LogP contribution in [0.15, 0.2) is 204 Å². The Morgan fingerprint density at radius 1 is 0.376 bits per heavy atom. The lowest BCUT2D eigenvalue weighted by Crippen LogP contribution is -2.56. The minimum absolute atomic E-state index is 0. The van der Waals surface area contributed by atoms with Gasteiger partial charge in [-0.25, -0.2) is 27.4 Å².